The van der Waals surface area contributed by atoms with E-state index in [1.165, 1.54) is 0 Å². The molecule has 0 bridgehead atoms. The van der Waals surface area contributed by atoms with Crippen molar-refractivity contribution in [2.45, 2.75) is 127 Å². The van der Waals surface area contributed by atoms with E-state index >= 15 is 4.39 Å². The fourth-order valence-corrected chi connectivity index (χ4v) is 8.64. The predicted octanol–water partition coefficient (Wildman–Crippen LogP) is 8.83. The molecule has 43 heavy (non-hydrogen) atoms. The second-order valence-electron chi connectivity index (χ2n) is 14.2. The molecule has 1 aromatic rings. The highest BCUT2D eigenvalue weighted by Crippen LogP contribution is 2.63. The van der Waals surface area contributed by atoms with Crippen LogP contribution in [0.25, 0.3) is 0 Å². The van der Waals surface area contributed by atoms with Crippen LogP contribution in [0.15, 0.2) is 18.2 Å². The number of phenolic OH excluding ortho intramolecular Hbond substituents is 1. The number of nitrogens with zero attached hydrogens (tertiary/aromatic N) is 1. The molecule has 3 aliphatic rings. The Bertz CT molecular complexity index is 1070. The lowest BCUT2D eigenvalue weighted by molar-refractivity contribution is -0.861. The van der Waals surface area contributed by atoms with Crippen molar-refractivity contribution in [2.24, 2.45) is 23.2 Å². The van der Waals surface area contributed by atoms with Gasteiger partial charge in [0.1, 0.15) is 11.9 Å². The minimum absolute atomic E-state index is 0.142. The van der Waals surface area contributed by atoms with E-state index in [9.17, 15) is 37.4 Å². The van der Waals surface area contributed by atoms with Gasteiger partial charge in [-0.3, -0.25) is 0 Å². The quantitative estimate of drug-likeness (QED) is 0.0945. The maximum Gasteiger partial charge on any atom is 0.453 e. The summed E-state index contributed by atoms with van der Waals surface area (Å²) >= 11 is 0. The summed E-state index contributed by atoms with van der Waals surface area (Å²) in [5, 5.41) is 33.8. The van der Waals surface area contributed by atoms with E-state index < -0.39 is 40.9 Å². The number of rotatable bonds is 14. The molecule has 4 nitrogen and oxygen atoms in total. The zero-order chi connectivity index (χ0) is 31.6. The highest BCUT2D eigenvalue weighted by molar-refractivity contribution is 5.41. The van der Waals surface area contributed by atoms with Gasteiger partial charge in [0.15, 0.2) is 0 Å². The van der Waals surface area contributed by atoms with Crippen LogP contribution in [0.2, 0.25) is 0 Å². The molecule has 2 N–H and O–H groups in total. The number of hydrogen-bond donors (Lipinski definition) is 2. The summed E-state index contributed by atoms with van der Waals surface area (Å²) in [4.78, 5) is 0. The van der Waals surface area contributed by atoms with Crippen molar-refractivity contribution >= 4 is 0 Å². The number of hydrogen-bond acceptors (Lipinski definition) is 3. The highest BCUT2D eigenvalue weighted by atomic mass is 19.4. The van der Waals surface area contributed by atoms with Crippen LogP contribution in [0, 0.1) is 28.4 Å². The van der Waals surface area contributed by atoms with Gasteiger partial charge in [-0.1, -0.05) is 32.3 Å². The number of fused-ring (bicyclic) bond motifs is 5. The largest absolute Gasteiger partial charge is 0.633 e. The SMILES string of the molecule is CC12CC(F)C3c4ccc(O)cc4CC(CCCCC[N+](C)([O-])CCCCCCCC(F)(F)C(F)(F)F)C3C1CCC2O. The van der Waals surface area contributed by atoms with Crippen molar-refractivity contribution in [3.8, 4) is 5.75 Å². The number of aliphatic hydroxyl groups is 1. The molecule has 0 amide bonds. The lowest BCUT2D eigenvalue weighted by Crippen LogP contribution is -2.51. The van der Waals surface area contributed by atoms with E-state index in [-0.39, 0.29) is 42.3 Å². The van der Waals surface area contributed by atoms with Gasteiger partial charge in [0, 0.05) is 12.3 Å². The Morgan fingerprint density at radius 3 is 2.26 bits per heavy atom. The molecule has 8 unspecified atom stereocenters. The molecule has 1 aromatic carbocycles. The Morgan fingerprint density at radius 1 is 0.953 bits per heavy atom. The second kappa shape index (κ2) is 13.5. The first-order valence-electron chi connectivity index (χ1n) is 16.2. The van der Waals surface area contributed by atoms with E-state index in [1.54, 1.807) is 19.2 Å². The Balaban J connectivity index is 1.22. The molecule has 0 aromatic heterocycles. The summed E-state index contributed by atoms with van der Waals surface area (Å²) in [5.41, 5.74) is 1.62. The third-order valence-corrected chi connectivity index (χ3v) is 11.0. The monoisotopic (exact) mass is 621 g/mol. The van der Waals surface area contributed by atoms with Crippen LogP contribution in [0.1, 0.15) is 107 Å². The molecule has 0 radical (unpaired) electrons. The lowest BCUT2D eigenvalue weighted by Gasteiger charge is -2.54. The molecular weight excluding hydrogens is 572 g/mol. The van der Waals surface area contributed by atoms with Crippen molar-refractivity contribution in [1.29, 1.82) is 0 Å². The number of unbranched alkanes of at least 4 members (excludes halogenated alkanes) is 6. The van der Waals surface area contributed by atoms with Crippen molar-refractivity contribution < 1.29 is 41.2 Å². The van der Waals surface area contributed by atoms with Gasteiger partial charge in [0.2, 0.25) is 0 Å². The van der Waals surface area contributed by atoms with E-state index in [2.05, 4.69) is 6.92 Å². The average molecular weight is 622 g/mol. The summed E-state index contributed by atoms with van der Waals surface area (Å²) in [6, 6.07) is 5.32. The first kappa shape index (κ1) is 34.4. The number of hydroxylamine groups is 3. The summed E-state index contributed by atoms with van der Waals surface area (Å²) < 4.78 is 78.2. The smallest absolute Gasteiger partial charge is 0.453 e. The van der Waals surface area contributed by atoms with Crippen LogP contribution in [0.3, 0.4) is 0 Å². The van der Waals surface area contributed by atoms with Gasteiger partial charge < -0.3 is 20.1 Å². The van der Waals surface area contributed by atoms with Gasteiger partial charge in [-0.25, -0.2) is 4.39 Å². The molecule has 0 saturated heterocycles. The normalized spacial score (nSPS) is 32.1. The van der Waals surface area contributed by atoms with Gasteiger partial charge in [-0.05, 0) is 111 Å². The Morgan fingerprint density at radius 2 is 1.58 bits per heavy atom. The molecule has 4 rings (SSSR count). The molecule has 2 saturated carbocycles. The minimum Gasteiger partial charge on any atom is -0.633 e. The van der Waals surface area contributed by atoms with Crippen LogP contribution >= 0.6 is 0 Å². The fourth-order valence-electron chi connectivity index (χ4n) is 8.64. The van der Waals surface area contributed by atoms with Crippen LogP contribution < -0.4 is 0 Å². The number of aromatic hydroxyl groups is 1. The Hall–Kier alpha value is -1.52. The minimum atomic E-state index is -5.50. The number of benzene rings is 1. The van der Waals surface area contributed by atoms with Crippen LogP contribution in [-0.4, -0.2) is 59.4 Å². The lowest BCUT2D eigenvalue weighted by atomic mass is 9.51. The van der Waals surface area contributed by atoms with Gasteiger partial charge >= 0.3 is 12.1 Å². The first-order chi connectivity index (χ1) is 20.1. The summed E-state index contributed by atoms with van der Waals surface area (Å²) in [6.07, 6.45) is -0.198. The zero-order valence-electron chi connectivity index (χ0n) is 25.5. The number of phenols is 1. The van der Waals surface area contributed by atoms with Crippen molar-refractivity contribution in [3.05, 3.63) is 34.5 Å². The van der Waals surface area contributed by atoms with E-state index in [0.717, 1.165) is 49.7 Å². The molecule has 2 fully saturated rings. The first-order valence-corrected chi connectivity index (χ1v) is 16.2. The molecule has 3 aliphatic carbocycles. The maximum atomic E-state index is 15.9. The third-order valence-electron chi connectivity index (χ3n) is 11.0. The Kier molecular flexibility index (Phi) is 10.7. The fraction of sp³-hybridized carbons (Fsp3) is 0.818. The van der Waals surface area contributed by atoms with Gasteiger partial charge in [-0.15, -0.1) is 0 Å². The predicted molar refractivity (Wildman–Crippen MR) is 154 cm³/mol. The van der Waals surface area contributed by atoms with Crippen LogP contribution in [-0.2, 0) is 6.42 Å². The van der Waals surface area contributed by atoms with Gasteiger partial charge in [0.25, 0.3) is 0 Å². The molecule has 0 heterocycles. The van der Waals surface area contributed by atoms with Crippen LogP contribution in [0.4, 0.5) is 26.3 Å². The summed E-state index contributed by atoms with van der Waals surface area (Å²) in [5.74, 6) is -4.02. The highest BCUT2D eigenvalue weighted by Gasteiger charge is 2.60. The van der Waals surface area contributed by atoms with Crippen molar-refractivity contribution in [1.82, 2.24) is 0 Å². The molecular formula is C33H49F6NO3. The Labute approximate surface area is 252 Å². The maximum absolute atomic E-state index is 15.9. The van der Waals surface area contributed by atoms with E-state index in [4.69, 9.17) is 0 Å². The molecule has 8 atom stereocenters. The number of alkyl halides is 6. The van der Waals surface area contributed by atoms with Gasteiger partial charge in [0.05, 0.1) is 26.2 Å². The van der Waals surface area contributed by atoms with E-state index in [1.807, 2.05) is 6.07 Å². The van der Waals surface area contributed by atoms with Gasteiger partial charge in [-0.2, -0.15) is 22.0 Å². The zero-order valence-corrected chi connectivity index (χ0v) is 25.5. The summed E-state index contributed by atoms with van der Waals surface area (Å²) in [7, 11) is 1.62. The number of aliphatic hydroxyl groups excluding tert-OH is 1. The average Bonchev–Trinajstić information content (AvgIpc) is 3.20. The van der Waals surface area contributed by atoms with Crippen LogP contribution in [0.5, 0.6) is 5.75 Å². The van der Waals surface area contributed by atoms with Crippen molar-refractivity contribution in [3.63, 3.8) is 0 Å². The second-order valence-corrected chi connectivity index (χ2v) is 14.2. The topological polar surface area (TPSA) is 63.5 Å². The van der Waals surface area contributed by atoms with E-state index in [0.29, 0.717) is 45.2 Å². The standard InChI is InChI=1S/C33H49F6NO3/c1-31-21-27(34)30-25-13-12-24(41)20-23(25)19-22(29(30)26(31)14-15-28(31)42)11-7-6-10-18-40(2,43)17-9-5-3-4-8-16-32(35,36)33(37,38)39/h12-13,20,22,26-30,41-42H,3-11,14-19,21H2,1-2H3. The third kappa shape index (κ3) is 7.83. The molecule has 10 heteroatoms. The van der Waals surface area contributed by atoms with Crippen molar-refractivity contribution in [2.75, 3.05) is 20.1 Å². The molecule has 0 spiro atoms. The number of halogens is 6. The molecule has 246 valence electrons. The summed E-state index contributed by atoms with van der Waals surface area (Å²) in [6.45, 7) is 2.89. The molecule has 0 aliphatic heterocycles. The number of quaternary nitrogens is 1.